The number of hydrogen-bond acceptors (Lipinski definition) is 3. The first kappa shape index (κ1) is 23.7. The maximum atomic E-state index is 12.9. The number of phenolic OH excluding ortho intramolecular Hbond substituents is 1. The van der Waals surface area contributed by atoms with Crippen LogP contribution in [0.1, 0.15) is 54.1 Å². The van der Waals surface area contributed by atoms with E-state index < -0.39 is 0 Å². The van der Waals surface area contributed by atoms with Crippen LogP contribution in [0, 0.1) is 12.8 Å². The first-order chi connectivity index (χ1) is 15.9. The van der Waals surface area contributed by atoms with E-state index >= 15 is 0 Å². The Kier molecular flexibility index (Phi) is 7.61. The Hall–Kier alpha value is -2.50. The van der Waals surface area contributed by atoms with E-state index in [4.69, 9.17) is 11.6 Å². The summed E-state index contributed by atoms with van der Waals surface area (Å²) in [6.07, 6.45) is 7.60. The SMILES string of the molecule is CCN(CC1CCC(NCCc2c[nH]c3ccc(Cl)cc23)CC1)C(=O)c1ccc(C)c(O)c1. The quantitative estimate of drug-likeness (QED) is 0.398. The van der Waals surface area contributed by atoms with Gasteiger partial charge in [-0.15, -0.1) is 0 Å². The topological polar surface area (TPSA) is 68.4 Å². The smallest absolute Gasteiger partial charge is 0.253 e. The van der Waals surface area contributed by atoms with Crippen molar-refractivity contribution >= 4 is 28.4 Å². The number of halogens is 1. The third-order valence-electron chi connectivity index (χ3n) is 7.01. The highest BCUT2D eigenvalue weighted by Gasteiger charge is 2.25. The number of carbonyl (C=O) groups excluding carboxylic acids is 1. The Morgan fingerprint density at radius 2 is 1.97 bits per heavy atom. The Bertz CT molecular complexity index is 1100. The summed E-state index contributed by atoms with van der Waals surface area (Å²) in [4.78, 5) is 18.2. The molecule has 2 aromatic carbocycles. The highest BCUT2D eigenvalue weighted by atomic mass is 35.5. The van der Waals surface area contributed by atoms with E-state index in [1.165, 1.54) is 10.9 Å². The van der Waals surface area contributed by atoms with E-state index in [2.05, 4.69) is 16.5 Å². The van der Waals surface area contributed by atoms with Crippen molar-refractivity contribution in [3.05, 3.63) is 64.3 Å². The maximum absolute atomic E-state index is 12.9. The van der Waals surface area contributed by atoms with Crippen LogP contribution in [0.3, 0.4) is 0 Å². The number of nitrogens with one attached hydrogen (secondary N) is 2. The summed E-state index contributed by atoms with van der Waals surface area (Å²) < 4.78 is 0. The molecular formula is C27H34ClN3O2. The van der Waals surface area contributed by atoms with Crippen molar-refractivity contribution in [2.24, 2.45) is 5.92 Å². The Balaban J connectivity index is 1.23. The fourth-order valence-corrected chi connectivity index (χ4v) is 5.08. The van der Waals surface area contributed by atoms with Crippen molar-refractivity contribution in [2.45, 2.75) is 52.0 Å². The second kappa shape index (κ2) is 10.6. The zero-order valence-electron chi connectivity index (χ0n) is 19.5. The third-order valence-corrected chi connectivity index (χ3v) is 7.24. The van der Waals surface area contributed by atoms with Gasteiger partial charge < -0.3 is 20.3 Å². The molecule has 5 nitrogen and oxygen atoms in total. The minimum absolute atomic E-state index is 0.00637. The van der Waals surface area contributed by atoms with Gasteiger partial charge in [0.25, 0.3) is 5.91 Å². The van der Waals surface area contributed by atoms with Crippen molar-refractivity contribution < 1.29 is 9.90 Å². The molecule has 4 rings (SSSR count). The van der Waals surface area contributed by atoms with Crippen molar-refractivity contribution in [1.29, 1.82) is 0 Å². The normalized spacial score (nSPS) is 18.5. The predicted molar refractivity (Wildman–Crippen MR) is 135 cm³/mol. The summed E-state index contributed by atoms with van der Waals surface area (Å²) in [7, 11) is 0. The molecule has 0 radical (unpaired) electrons. The van der Waals surface area contributed by atoms with Gasteiger partial charge in [-0.05, 0) is 99.9 Å². The first-order valence-electron chi connectivity index (χ1n) is 12.0. The van der Waals surface area contributed by atoms with Gasteiger partial charge in [-0.2, -0.15) is 0 Å². The van der Waals surface area contributed by atoms with Gasteiger partial charge >= 0.3 is 0 Å². The molecule has 1 aliphatic rings. The van der Waals surface area contributed by atoms with Gasteiger partial charge in [0.15, 0.2) is 0 Å². The molecule has 176 valence electrons. The van der Waals surface area contributed by atoms with Crippen molar-refractivity contribution in [3.8, 4) is 5.75 Å². The van der Waals surface area contributed by atoms with Crippen LogP contribution in [0.2, 0.25) is 5.02 Å². The van der Waals surface area contributed by atoms with Crippen LogP contribution in [0.4, 0.5) is 0 Å². The van der Waals surface area contributed by atoms with Gasteiger partial charge in [-0.1, -0.05) is 17.7 Å². The van der Waals surface area contributed by atoms with Crippen LogP contribution in [0.15, 0.2) is 42.6 Å². The Morgan fingerprint density at radius 1 is 1.18 bits per heavy atom. The van der Waals surface area contributed by atoms with E-state index in [-0.39, 0.29) is 11.7 Å². The molecule has 1 amide bonds. The molecule has 6 heteroatoms. The summed E-state index contributed by atoms with van der Waals surface area (Å²) in [6.45, 7) is 6.28. The van der Waals surface area contributed by atoms with Crippen LogP contribution in [0.25, 0.3) is 10.9 Å². The van der Waals surface area contributed by atoms with Gasteiger partial charge in [-0.25, -0.2) is 0 Å². The minimum Gasteiger partial charge on any atom is -0.508 e. The average molecular weight is 468 g/mol. The van der Waals surface area contributed by atoms with E-state index in [0.29, 0.717) is 24.1 Å². The second-order valence-electron chi connectivity index (χ2n) is 9.27. The summed E-state index contributed by atoms with van der Waals surface area (Å²) in [5.41, 5.74) is 3.78. The van der Waals surface area contributed by atoms with Gasteiger partial charge in [0, 0.05) is 46.8 Å². The third kappa shape index (κ3) is 5.71. The van der Waals surface area contributed by atoms with Crippen LogP contribution < -0.4 is 5.32 Å². The summed E-state index contributed by atoms with van der Waals surface area (Å²) >= 11 is 6.17. The average Bonchev–Trinajstić information content (AvgIpc) is 3.21. The molecule has 1 saturated carbocycles. The number of nitrogens with zero attached hydrogens (tertiary/aromatic N) is 1. The van der Waals surface area contributed by atoms with Crippen LogP contribution in [-0.4, -0.2) is 46.6 Å². The van der Waals surface area contributed by atoms with Crippen LogP contribution in [-0.2, 0) is 6.42 Å². The Morgan fingerprint density at radius 3 is 2.70 bits per heavy atom. The minimum atomic E-state index is 0.00637. The van der Waals surface area contributed by atoms with E-state index in [0.717, 1.165) is 61.3 Å². The number of rotatable bonds is 8. The molecule has 0 unspecified atom stereocenters. The Labute approximate surface area is 201 Å². The number of fused-ring (bicyclic) bond motifs is 1. The maximum Gasteiger partial charge on any atom is 0.253 e. The summed E-state index contributed by atoms with van der Waals surface area (Å²) in [5.74, 6) is 0.716. The first-order valence-corrected chi connectivity index (χ1v) is 12.4. The monoisotopic (exact) mass is 467 g/mol. The number of aromatic hydroxyl groups is 1. The van der Waals surface area contributed by atoms with Crippen LogP contribution >= 0.6 is 11.6 Å². The molecule has 1 aromatic heterocycles. The number of aromatic nitrogens is 1. The van der Waals surface area contributed by atoms with E-state index in [9.17, 15) is 9.90 Å². The highest BCUT2D eigenvalue weighted by molar-refractivity contribution is 6.31. The number of benzene rings is 2. The van der Waals surface area contributed by atoms with Crippen LogP contribution in [0.5, 0.6) is 5.75 Å². The standard InChI is InChI=1S/C27H34ClN3O2/c1-3-31(27(33)20-7-4-18(2)26(32)14-20)17-19-5-9-23(10-6-19)29-13-12-21-16-30-25-11-8-22(28)15-24(21)25/h4,7-8,11,14-16,19,23,29-30,32H,3,5-6,9-10,12-13,17H2,1-2H3. The molecular weight excluding hydrogens is 434 g/mol. The van der Waals surface area contributed by atoms with E-state index in [1.54, 1.807) is 12.1 Å². The molecule has 3 aromatic rings. The number of H-pyrrole nitrogens is 1. The molecule has 0 aliphatic heterocycles. The van der Waals surface area contributed by atoms with Gasteiger partial charge in [-0.3, -0.25) is 4.79 Å². The zero-order valence-corrected chi connectivity index (χ0v) is 20.3. The molecule has 3 N–H and O–H groups in total. The van der Waals surface area contributed by atoms with Gasteiger partial charge in [0.05, 0.1) is 0 Å². The molecule has 0 bridgehead atoms. The second-order valence-corrected chi connectivity index (χ2v) is 9.71. The number of hydrogen-bond donors (Lipinski definition) is 3. The number of phenols is 1. The lowest BCUT2D eigenvalue weighted by atomic mass is 9.85. The molecule has 33 heavy (non-hydrogen) atoms. The molecule has 1 aliphatic carbocycles. The lowest BCUT2D eigenvalue weighted by Gasteiger charge is -2.33. The lowest BCUT2D eigenvalue weighted by molar-refractivity contribution is 0.0719. The fourth-order valence-electron chi connectivity index (χ4n) is 4.91. The highest BCUT2D eigenvalue weighted by Crippen LogP contribution is 2.27. The van der Waals surface area contributed by atoms with Gasteiger partial charge in [0.1, 0.15) is 5.75 Å². The molecule has 1 fully saturated rings. The lowest BCUT2D eigenvalue weighted by Crippen LogP contribution is -2.39. The number of amides is 1. The summed E-state index contributed by atoms with van der Waals surface area (Å²) in [6, 6.07) is 11.7. The number of aryl methyl sites for hydroxylation is 1. The molecule has 0 atom stereocenters. The largest absolute Gasteiger partial charge is 0.508 e. The molecule has 1 heterocycles. The summed E-state index contributed by atoms with van der Waals surface area (Å²) in [5, 5.41) is 15.7. The molecule has 0 saturated heterocycles. The van der Waals surface area contributed by atoms with Crippen molar-refractivity contribution in [2.75, 3.05) is 19.6 Å². The number of carbonyl (C=O) groups is 1. The predicted octanol–water partition coefficient (Wildman–Crippen LogP) is 5.69. The van der Waals surface area contributed by atoms with E-state index in [1.807, 2.05) is 43.0 Å². The zero-order chi connectivity index (χ0) is 23.4. The fraction of sp³-hybridized carbons (Fsp3) is 0.444. The molecule has 0 spiro atoms. The van der Waals surface area contributed by atoms with Crippen molar-refractivity contribution in [1.82, 2.24) is 15.2 Å². The van der Waals surface area contributed by atoms with Crippen molar-refractivity contribution in [3.63, 3.8) is 0 Å². The van der Waals surface area contributed by atoms with Gasteiger partial charge in [0.2, 0.25) is 0 Å². The number of aromatic amines is 1.